The fraction of sp³-hybridized carbons (Fsp3) is 0.286. The largest absolute Gasteiger partial charge is 0.382 e. The molecular formula is C7H10ClN3O2S. The Morgan fingerprint density at radius 2 is 2.29 bits per heavy atom. The van der Waals surface area contributed by atoms with Crippen LogP contribution in [0.15, 0.2) is 17.2 Å². The number of hydrogen-bond donors (Lipinski definition) is 2. The lowest BCUT2D eigenvalue weighted by molar-refractivity contribution is 0.609. The minimum Gasteiger partial charge on any atom is -0.382 e. The van der Waals surface area contributed by atoms with Gasteiger partial charge in [-0.25, -0.2) is 8.42 Å². The molecule has 0 spiro atoms. The lowest BCUT2D eigenvalue weighted by atomic mass is 10.4. The van der Waals surface area contributed by atoms with Crippen molar-refractivity contribution in [2.75, 3.05) is 0 Å². The number of amidine groups is 1. The zero-order valence-corrected chi connectivity index (χ0v) is 9.06. The summed E-state index contributed by atoms with van der Waals surface area (Å²) >= 11 is 0. The second-order valence-electron chi connectivity index (χ2n) is 2.70. The second kappa shape index (κ2) is 3.62. The molecule has 3 N–H and O–H groups in total. The summed E-state index contributed by atoms with van der Waals surface area (Å²) in [5.74, 6) is -0.182. The van der Waals surface area contributed by atoms with Gasteiger partial charge in [0, 0.05) is 23.4 Å². The van der Waals surface area contributed by atoms with Crippen molar-refractivity contribution in [3.63, 3.8) is 0 Å². The van der Waals surface area contributed by atoms with Crippen LogP contribution in [0.2, 0.25) is 0 Å². The van der Waals surface area contributed by atoms with Crippen molar-refractivity contribution >= 4 is 25.6 Å². The molecule has 1 aromatic rings. The number of nitrogens with two attached hydrogens (primary N) is 1. The van der Waals surface area contributed by atoms with E-state index < -0.39 is 9.05 Å². The third kappa shape index (κ3) is 2.08. The predicted octanol–water partition coefficient (Wildman–Crippen LogP) is 0.720. The Morgan fingerprint density at radius 3 is 2.57 bits per heavy atom. The molecule has 1 heterocycles. The number of aromatic nitrogens is 1. The molecule has 0 fully saturated rings. The number of hydrogen-bond acceptors (Lipinski definition) is 3. The van der Waals surface area contributed by atoms with Gasteiger partial charge in [-0.15, -0.1) is 0 Å². The van der Waals surface area contributed by atoms with Crippen molar-refractivity contribution < 1.29 is 8.42 Å². The predicted molar refractivity (Wildman–Crippen MR) is 54.2 cm³/mol. The standard InChI is InChI=1S/C7H10ClN3O2S/c1-2-11-4-5(14(8,12)13)3-6(11)7(9)10/h3-4H,2H2,1H3,(H3,9,10). The van der Waals surface area contributed by atoms with E-state index in [0.29, 0.717) is 12.2 Å². The Labute approximate surface area is 86.4 Å². The normalized spacial score (nSPS) is 11.6. The van der Waals surface area contributed by atoms with E-state index >= 15 is 0 Å². The number of nitrogens with one attached hydrogen (secondary N) is 1. The minimum absolute atomic E-state index is 0.0359. The van der Waals surface area contributed by atoms with Crippen molar-refractivity contribution in [1.29, 1.82) is 5.41 Å². The average molecular weight is 236 g/mol. The van der Waals surface area contributed by atoms with Gasteiger partial charge >= 0.3 is 0 Å². The van der Waals surface area contributed by atoms with Crippen LogP contribution in [0.4, 0.5) is 0 Å². The smallest absolute Gasteiger partial charge is 0.262 e. The van der Waals surface area contributed by atoms with E-state index in [9.17, 15) is 8.42 Å². The summed E-state index contributed by atoms with van der Waals surface area (Å²) in [5.41, 5.74) is 5.62. The molecule has 0 unspecified atom stereocenters. The quantitative estimate of drug-likeness (QED) is 0.460. The molecule has 1 aromatic heterocycles. The summed E-state index contributed by atoms with van der Waals surface area (Å²) in [4.78, 5) is -0.0359. The lowest BCUT2D eigenvalue weighted by Crippen LogP contribution is -2.15. The maximum absolute atomic E-state index is 11.0. The minimum atomic E-state index is -3.75. The number of aryl methyl sites for hydroxylation is 1. The van der Waals surface area contributed by atoms with Crippen LogP contribution < -0.4 is 5.73 Å². The molecule has 0 bridgehead atoms. The van der Waals surface area contributed by atoms with Gasteiger partial charge in [0.2, 0.25) is 0 Å². The van der Waals surface area contributed by atoms with Crippen LogP contribution in [0.5, 0.6) is 0 Å². The molecule has 14 heavy (non-hydrogen) atoms. The number of nitrogens with zero attached hydrogens (tertiary/aromatic N) is 1. The van der Waals surface area contributed by atoms with E-state index in [1.165, 1.54) is 12.3 Å². The van der Waals surface area contributed by atoms with Gasteiger partial charge in [-0.2, -0.15) is 0 Å². The molecule has 0 aliphatic carbocycles. The van der Waals surface area contributed by atoms with E-state index in [2.05, 4.69) is 0 Å². The fourth-order valence-corrected chi connectivity index (χ4v) is 1.86. The monoisotopic (exact) mass is 235 g/mol. The summed E-state index contributed by atoms with van der Waals surface area (Å²) < 4.78 is 23.5. The molecule has 78 valence electrons. The van der Waals surface area contributed by atoms with Crippen LogP contribution in [0, 0.1) is 5.41 Å². The molecule has 0 amide bonds. The van der Waals surface area contributed by atoms with E-state index in [4.69, 9.17) is 21.8 Å². The Kier molecular flexibility index (Phi) is 2.86. The molecule has 0 aromatic carbocycles. The maximum atomic E-state index is 11.0. The Hall–Kier alpha value is -1.01. The molecule has 7 heteroatoms. The molecule has 0 saturated carbocycles. The second-order valence-corrected chi connectivity index (χ2v) is 5.26. The number of nitrogen functional groups attached to an aromatic ring is 1. The molecule has 1 rings (SSSR count). The van der Waals surface area contributed by atoms with Gasteiger partial charge in [-0.1, -0.05) is 0 Å². The molecule has 0 atom stereocenters. The van der Waals surface area contributed by atoms with Crippen LogP contribution in [0.3, 0.4) is 0 Å². The summed E-state index contributed by atoms with van der Waals surface area (Å²) in [5, 5.41) is 7.22. The van der Waals surface area contributed by atoms with E-state index in [-0.39, 0.29) is 10.7 Å². The fourth-order valence-electron chi connectivity index (χ4n) is 1.11. The van der Waals surface area contributed by atoms with Crippen molar-refractivity contribution in [2.45, 2.75) is 18.4 Å². The first-order chi connectivity index (χ1) is 6.36. The van der Waals surface area contributed by atoms with Crippen molar-refractivity contribution in [3.05, 3.63) is 18.0 Å². The summed E-state index contributed by atoms with van der Waals surface area (Å²) in [6.07, 6.45) is 1.36. The van der Waals surface area contributed by atoms with Crippen LogP contribution in [0.1, 0.15) is 12.6 Å². The van der Waals surface area contributed by atoms with Gasteiger partial charge < -0.3 is 10.3 Å². The van der Waals surface area contributed by atoms with E-state index in [1.54, 1.807) is 4.57 Å². The van der Waals surface area contributed by atoms with Crippen LogP contribution in [0.25, 0.3) is 0 Å². The first kappa shape index (κ1) is 11.1. The van der Waals surface area contributed by atoms with Crippen molar-refractivity contribution in [2.24, 2.45) is 5.73 Å². The van der Waals surface area contributed by atoms with Crippen LogP contribution >= 0.6 is 10.7 Å². The van der Waals surface area contributed by atoms with Gasteiger partial charge in [-0.3, -0.25) is 5.41 Å². The summed E-state index contributed by atoms with van der Waals surface area (Å²) in [7, 11) is 1.40. The molecule has 0 saturated heterocycles. The van der Waals surface area contributed by atoms with Gasteiger partial charge in [-0.05, 0) is 13.0 Å². The summed E-state index contributed by atoms with van der Waals surface area (Å²) in [6, 6.07) is 1.29. The highest BCUT2D eigenvalue weighted by Gasteiger charge is 2.16. The van der Waals surface area contributed by atoms with Crippen molar-refractivity contribution in [3.8, 4) is 0 Å². The van der Waals surface area contributed by atoms with Crippen LogP contribution in [-0.4, -0.2) is 18.8 Å². The van der Waals surface area contributed by atoms with Gasteiger partial charge in [0.15, 0.2) is 0 Å². The molecule has 5 nitrogen and oxygen atoms in total. The van der Waals surface area contributed by atoms with E-state index in [0.717, 1.165) is 0 Å². The number of rotatable bonds is 3. The number of halogens is 1. The average Bonchev–Trinajstić information content (AvgIpc) is 2.45. The van der Waals surface area contributed by atoms with Crippen molar-refractivity contribution in [1.82, 2.24) is 4.57 Å². The zero-order chi connectivity index (χ0) is 10.9. The first-order valence-electron chi connectivity index (χ1n) is 3.85. The van der Waals surface area contributed by atoms with E-state index in [1.807, 2.05) is 6.92 Å². The topological polar surface area (TPSA) is 88.9 Å². The van der Waals surface area contributed by atoms with Crippen LogP contribution in [-0.2, 0) is 15.6 Å². The summed E-state index contributed by atoms with van der Waals surface area (Å²) in [6.45, 7) is 2.35. The van der Waals surface area contributed by atoms with Gasteiger partial charge in [0.1, 0.15) is 10.7 Å². The Balaban J connectivity index is 3.34. The van der Waals surface area contributed by atoms with Gasteiger partial charge in [0.25, 0.3) is 9.05 Å². The highest BCUT2D eigenvalue weighted by molar-refractivity contribution is 8.13. The van der Waals surface area contributed by atoms with Gasteiger partial charge in [0.05, 0.1) is 5.69 Å². The molecular weight excluding hydrogens is 226 g/mol. The highest BCUT2D eigenvalue weighted by atomic mass is 35.7. The first-order valence-corrected chi connectivity index (χ1v) is 6.16. The zero-order valence-electron chi connectivity index (χ0n) is 7.49. The molecule has 0 radical (unpaired) electrons. The molecule has 0 aliphatic heterocycles. The SMILES string of the molecule is CCn1cc(S(=O)(=O)Cl)cc1C(=N)N. The third-order valence-electron chi connectivity index (χ3n) is 1.77. The highest BCUT2D eigenvalue weighted by Crippen LogP contribution is 2.18. The maximum Gasteiger partial charge on any atom is 0.262 e. The third-order valence-corrected chi connectivity index (χ3v) is 3.09. The molecule has 0 aliphatic rings. The Morgan fingerprint density at radius 1 is 1.71 bits per heavy atom. The Bertz CT molecular complexity index is 463. The lowest BCUT2D eigenvalue weighted by Gasteiger charge is -2.01.